The predicted molar refractivity (Wildman–Crippen MR) is 83.6 cm³/mol. The number of likely N-dealkylation sites (tertiary alicyclic amines) is 1. The first-order valence-corrected chi connectivity index (χ1v) is 7.84. The molecule has 1 fully saturated rings. The van der Waals surface area contributed by atoms with E-state index in [0.717, 1.165) is 12.0 Å². The van der Waals surface area contributed by atoms with Crippen LogP contribution >= 0.6 is 0 Å². The smallest absolute Gasteiger partial charge is 0.410 e. The third-order valence-electron chi connectivity index (χ3n) is 4.05. The standard InChI is InChI=1S/C17H23NO5/c1-22-16(20)10-9-14-15(19)8-5-11-18(14)17(21)23-12-13-6-3-2-4-7-13/h2-4,6-7,14-15,19H,5,8-12H2,1H3/t14-,15+/m1/s1. The van der Waals surface area contributed by atoms with Crippen LogP contribution in [0.4, 0.5) is 4.79 Å². The van der Waals surface area contributed by atoms with E-state index in [1.165, 1.54) is 12.0 Å². The van der Waals surface area contributed by atoms with Crippen LogP contribution in [0.15, 0.2) is 30.3 Å². The highest BCUT2D eigenvalue weighted by molar-refractivity contribution is 5.70. The fourth-order valence-electron chi connectivity index (χ4n) is 2.78. The van der Waals surface area contributed by atoms with Gasteiger partial charge in [-0.3, -0.25) is 4.79 Å². The molecule has 126 valence electrons. The number of carbonyl (C=O) groups is 2. The first kappa shape index (κ1) is 17.3. The molecule has 0 bridgehead atoms. The highest BCUT2D eigenvalue weighted by Gasteiger charge is 2.34. The monoisotopic (exact) mass is 321 g/mol. The van der Waals surface area contributed by atoms with Crippen LogP contribution in [-0.2, 0) is 20.9 Å². The number of nitrogens with zero attached hydrogens (tertiary/aromatic N) is 1. The van der Waals surface area contributed by atoms with Crippen molar-refractivity contribution < 1.29 is 24.2 Å². The molecule has 1 aromatic rings. The molecule has 0 radical (unpaired) electrons. The zero-order valence-corrected chi connectivity index (χ0v) is 13.3. The lowest BCUT2D eigenvalue weighted by Gasteiger charge is -2.38. The lowest BCUT2D eigenvalue weighted by atomic mass is 9.95. The molecule has 0 saturated carbocycles. The van der Waals surface area contributed by atoms with Gasteiger partial charge in [-0.05, 0) is 24.8 Å². The second-order valence-electron chi connectivity index (χ2n) is 5.63. The number of piperidine rings is 1. The fourth-order valence-corrected chi connectivity index (χ4v) is 2.78. The Morgan fingerprint density at radius 2 is 2.04 bits per heavy atom. The fraction of sp³-hybridized carbons (Fsp3) is 0.529. The summed E-state index contributed by atoms with van der Waals surface area (Å²) in [4.78, 5) is 25.2. The van der Waals surface area contributed by atoms with Gasteiger partial charge in [0.15, 0.2) is 0 Å². The molecular formula is C17H23NO5. The third kappa shape index (κ3) is 4.96. The molecule has 1 amide bonds. The van der Waals surface area contributed by atoms with E-state index in [-0.39, 0.29) is 19.0 Å². The quantitative estimate of drug-likeness (QED) is 0.841. The molecule has 0 spiro atoms. The number of benzene rings is 1. The van der Waals surface area contributed by atoms with Gasteiger partial charge in [-0.1, -0.05) is 30.3 Å². The first-order valence-electron chi connectivity index (χ1n) is 7.84. The Kier molecular flexibility index (Phi) is 6.40. The van der Waals surface area contributed by atoms with Gasteiger partial charge in [0, 0.05) is 13.0 Å². The normalized spacial score (nSPS) is 20.9. The number of amides is 1. The van der Waals surface area contributed by atoms with Crippen LogP contribution in [-0.4, -0.2) is 47.9 Å². The molecule has 1 N–H and O–H groups in total. The van der Waals surface area contributed by atoms with E-state index in [1.54, 1.807) is 0 Å². The summed E-state index contributed by atoms with van der Waals surface area (Å²) in [6.45, 7) is 0.715. The largest absolute Gasteiger partial charge is 0.469 e. The zero-order chi connectivity index (χ0) is 16.7. The number of esters is 1. The Bertz CT molecular complexity index is 519. The summed E-state index contributed by atoms with van der Waals surface area (Å²) in [7, 11) is 1.32. The molecule has 2 rings (SSSR count). The Hall–Kier alpha value is -2.08. The van der Waals surface area contributed by atoms with Gasteiger partial charge in [0.05, 0.1) is 19.3 Å². The van der Waals surface area contributed by atoms with Crippen molar-refractivity contribution in [2.45, 2.75) is 44.4 Å². The number of hydrogen-bond donors (Lipinski definition) is 1. The second-order valence-corrected chi connectivity index (χ2v) is 5.63. The van der Waals surface area contributed by atoms with Crippen molar-refractivity contribution >= 4 is 12.1 Å². The molecule has 23 heavy (non-hydrogen) atoms. The summed E-state index contributed by atoms with van der Waals surface area (Å²) in [6.07, 6.45) is 0.778. The van der Waals surface area contributed by atoms with Gasteiger partial charge >= 0.3 is 12.1 Å². The molecule has 6 heteroatoms. The zero-order valence-electron chi connectivity index (χ0n) is 13.3. The number of aliphatic hydroxyl groups excluding tert-OH is 1. The van der Waals surface area contributed by atoms with Crippen LogP contribution in [0, 0.1) is 0 Å². The minimum Gasteiger partial charge on any atom is -0.469 e. The maximum Gasteiger partial charge on any atom is 0.410 e. The average Bonchev–Trinajstić information content (AvgIpc) is 2.59. The van der Waals surface area contributed by atoms with E-state index in [0.29, 0.717) is 19.4 Å². The third-order valence-corrected chi connectivity index (χ3v) is 4.05. The van der Waals surface area contributed by atoms with Crippen molar-refractivity contribution in [2.24, 2.45) is 0 Å². The van der Waals surface area contributed by atoms with Gasteiger partial charge in [0.2, 0.25) is 0 Å². The van der Waals surface area contributed by atoms with E-state index in [4.69, 9.17) is 4.74 Å². The van der Waals surface area contributed by atoms with Gasteiger partial charge in [-0.15, -0.1) is 0 Å². The van der Waals surface area contributed by atoms with Gasteiger partial charge < -0.3 is 19.5 Å². The van der Waals surface area contributed by atoms with E-state index in [2.05, 4.69) is 4.74 Å². The highest BCUT2D eigenvalue weighted by Crippen LogP contribution is 2.23. The van der Waals surface area contributed by atoms with Crippen LogP contribution in [0.5, 0.6) is 0 Å². The molecule has 2 atom stereocenters. The Morgan fingerprint density at radius 3 is 2.74 bits per heavy atom. The number of carbonyl (C=O) groups excluding carboxylic acids is 2. The van der Waals surface area contributed by atoms with Crippen molar-refractivity contribution in [1.82, 2.24) is 4.90 Å². The van der Waals surface area contributed by atoms with E-state index < -0.39 is 18.2 Å². The Balaban J connectivity index is 1.93. The maximum absolute atomic E-state index is 12.3. The summed E-state index contributed by atoms with van der Waals surface area (Å²) < 4.78 is 9.96. The molecule has 0 unspecified atom stereocenters. The van der Waals surface area contributed by atoms with Crippen LogP contribution in [0.3, 0.4) is 0 Å². The van der Waals surface area contributed by atoms with Crippen molar-refractivity contribution in [3.8, 4) is 0 Å². The molecule has 1 saturated heterocycles. The van der Waals surface area contributed by atoms with Crippen LogP contribution in [0.25, 0.3) is 0 Å². The van der Waals surface area contributed by atoms with Crippen molar-refractivity contribution in [2.75, 3.05) is 13.7 Å². The lowest BCUT2D eigenvalue weighted by molar-refractivity contribution is -0.141. The van der Waals surface area contributed by atoms with Gasteiger partial charge in [0.1, 0.15) is 6.61 Å². The molecule has 0 aromatic heterocycles. The minimum absolute atomic E-state index is 0.167. The summed E-state index contributed by atoms with van der Waals surface area (Å²) in [5, 5.41) is 10.2. The van der Waals surface area contributed by atoms with Crippen LogP contribution in [0.1, 0.15) is 31.2 Å². The number of hydrogen-bond acceptors (Lipinski definition) is 5. The molecular weight excluding hydrogens is 298 g/mol. The summed E-state index contributed by atoms with van der Waals surface area (Å²) in [5.74, 6) is -0.347. The second kappa shape index (κ2) is 8.53. The van der Waals surface area contributed by atoms with Gasteiger partial charge in [-0.25, -0.2) is 4.79 Å². The average molecular weight is 321 g/mol. The number of ether oxygens (including phenoxy) is 2. The maximum atomic E-state index is 12.3. The van der Waals surface area contributed by atoms with Gasteiger partial charge in [0.25, 0.3) is 0 Å². The lowest BCUT2D eigenvalue weighted by Crippen LogP contribution is -2.51. The number of rotatable bonds is 5. The minimum atomic E-state index is -0.641. The molecule has 1 heterocycles. The van der Waals surface area contributed by atoms with Gasteiger partial charge in [-0.2, -0.15) is 0 Å². The SMILES string of the molecule is COC(=O)CC[C@@H]1[C@@H](O)CCCN1C(=O)OCc1ccccc1. The topological polar surface area (TPSA) is 76.1 Å². The molecule has 6 nitrogen and oxygen atoms in total. The first-order chi connectivity index (χ1) is 11.1. The molecule has 1 aromatic carbocycles. The molecule has 1 aliphatic rings. The van der Waals surface area contributed by atoms with Crippen molar-refractivity contribution in [3.05, 3.63) is 35.9 Å². The number of aliphatic hydroxyl groups is 1. The predicted octanol–water partition coefficient (Wildman–Crippen LogP) is 2.10. The Morgan fingerprint density at radius 1 is 1.30 bits per heavy atom. The van der Waals surface area contributed by atoms with E-state index >= 15 is 0 Å². The van der Waals surface area contributed by atoms with Crippen molar-refractivity contribution in [1.29, 1.82) is 0 Å². The molecule has 1 aliphatic heterocycles. The van der Waals surface area contributed by atoms with Crippen molar-refractivity contribution in [3.63, 3.8) is 0 Å². The highest BCUT2D eigenvalue weighted by atomic mass is 16.6. The van der Waals surface area contributed by atoms with E-state index in [1.807, 2.05) is 30.3 Å². The van der Waals surface area contributed by atoms with Crippen LogP contribution in [0.2, 0.25) is 0 Å². The Labute approximate surface area is 136 Å². The molecule has 0 aliphatic carbocycles. The summed E-state index contributed by atoms with van der Waals surface area (Å²) >= 11 is 0. The summed E-state index contributed by atoms with van der Waals surface area (Å²) in [6, 6.07) is 9.01. The van der Waals surface area contributed by atoms with E-state index in [9.17, 15) is 14.7 Å². The summed E-state index contributed by atoms with van der Waals surface area (Å²) in [5.41, 5.74) is 0.907. The number of methoxy groups -OCH3 is 1. The van der Waals surface area contributed by atoms with Crippen LogP contribution < -0.4 is 0 Å².